The summed E-state index contributed by atoms with van der Waals surface area (Å²) in [5.41, 5.74) is 6.45. The Hall–Kier alpha value is -4.36. The molecule has 3 aromatic carbocycles. The molecule has 1 aliphatic heterocycles. The van der Waals surface area contributed by atoms with E-state index in [9.17, 15) is 18.0 Å². The topological polar surface area (TPSA) is 97.0 Å². The Kier molecular flexibility index (Phi) is 9.02. The number of halogens is 4. The smallest absolute Gasteiger partial charge is 0.406 e. The molecule has 1 saturated heterocycles. The lowest BCUT2D eigenvalue weighted by Crippen LogP contribution is -2.27. The molecule has 0 aliphatic carbocycles. The maximum atomic E-state index is 12.5. The van der Waals surface area contributed by atoms with E-state index in [1.807, 2.05) is 23.1 Å². The van der Waals surface area contributed by atoms with Gasteiger partial charge >= 0.3 is 12.4 Å². The van der Waals surface area contributed by atoms with Crippen LogP contribution in [0.3, 0.4) is 0 Å². The Morgan fingerprint density at radius 1 is 1.12 bits per heavy atom. The molecular weight excluding hydrogens is 603 g/mol. The van der Waals surface area contributed by atoms with Crippen molar-refractivity contribution in [2.45, 2.75) is 26.1 Å². The third-order valence-electron chi connectivity index (χ3n) is 6.25. The van der Waals surface area contributed by atoms with Crippen LogP contribution in [0.25, 0.3) is 17.1 Å². The highest BCUT2D eigenvalue weighted by Crippen LogP contribution is 2.34. The second-order valence-electron chi connectivity index (χ2n) is 9.60. The fourth-order valence-corrected chi connectivity index (χ4v) is 5.38. The Balaban J connectivity index is 1.20. The molecule has 4 aromatic rings. The van der Waals surface area contributed by atoms with Crippen LogP contribution in [0.1, 0.15) is 30.9 Å². The van der Waals surface area contributed by atoms with Crippen LogP contribution in [0.5, 0.6) is 5.75 Å². The molecule has 1 aromatic heterocycles. The Labute approximate surface area is 254 Å². The Morgan fingerprint density at radius 2 is 1.86 bits per heavy atom. The first-order valence-electron chi connectivity index (χ1n) is 13.1. The van der Waals surface area contributed by atoms with Crippen molar-refractivity contribution in [3.8, 4) is 22.8 Å². The third-order valence-corrected chi connectivity index (χ3v) is 7.44. The number of alkyl halides is 3. The van der Waals surface area contributed by atoms with Gasteiger partial charge in [0, 0.05) is 28.6 Å². The van der Waals surface area contributed by atoms with Crippen molar-refractivity contribution in [1.82, 2.24) is 20.2 Å². The Morgan fingerprint density at radius 3 is 2.56 bits per heavy atom. The second kappa shape index (κ2) is 12.9. The van der Waals surface area contributed by atoms with E-state index in [0.717, 1.165) is 17.0 Å². The molecule has 2 amide bonds. The first kappa shape index (κ1) is 30.1. The number of nitrogens with zero attached hydrogens (tertiary/aromatic N) is 6. The van der Waals surface area contributed by atoms with Gasteiger partial charge in [0.05, 0.1) is 11.9 Å². The highest BCUT2D eigenvalue weighted by atomic mass is 35.5. The number of anilines is 1. The van der Waals surface area contributed by atoms with Crippen LogP contribution < -0.4 is 15.1 Å². The van der Waals surface area contributed by atoms with Crippen molar-refractivity contribution in [3.63, 3.8) is 0 Å². The molecular formula is C29H25ClF3N7O2S. The molecule has 1 fully saturated rings. The normalized spacial score (nSPS) is 14.7. The number of carbonyl (C=O) groups excluding carboxylic acids is 1. The van der Waals surface area contributed by atoms with Crippen molar-refractivity contribution < 1.29 is 22.7 Å². The maximum Gasteiger partial charge on any atom is 0.573 e. The zero-order chi connectivity index (χ0) is 30.6. The number of urea groups is 1. The van der Waals surface area contributed by atoms with Crippen LogP contribution >= 0.6 is 23.4 Å². The molecule has 1 N–H and O–H groups in total. The molecule has 0 atom stereocenters. The quantitative estimate of drug-likeness (QED) is 0.171. The van der Waals surface area contributed by atoms with E-state index in [1.54, 1.807) is 24.3 Å². The number of carbonyl (C=O) groups is 1. The number of thioether (sulfide) groups is 1. The fourth-order valence-electron chi connectivity index (χ4n) is 4.27. The number of aliphatic imine (C=N–C) groups is 1. The van der Waals surface area contributed by atoms with Gasteiger partial charge in [-0.1, -0.05) is 67.5 Å². The number of hydrogen-bond donors (Lipinski definition) is 1. The highest BCUT2D eigenvalue weighted by Gasteiger charge is 2.31. The summed E-state index contributed by atoms with van der Waals surface area (Å²) in [6, 6.07) is 17.6. The molecule has 0 unspecified atom stereocenters. The number of rotatable bonds is 7. The van der Waals surface area contributed by atoms with E-state index >= 15 is 0 Å². The number of nitrogens with one attached hydrogen (secondary N) is 1. The molecule has 2 heterocycles. The van der Waals surface area contributed by atoms with E-state index in [1.165, 1.54) is 53.3 Å². The summed E-state index contributed by atoms with van der Waals surface area (Å²) in [4.78, 5) is 23.0. The van der Waals surface area contributed by atoms with Gasteiger partial charge in [0.15, 0.2) is 11.0 Å². The van der Waals surface area contributed by atoms with E-state index in [0.29, 0.717) is 39.4 Å². The summed E-state index contributed by atoms with van der Waals surface area (Å²) in [5.74, 6) is 1.16. The molecule has 0 spiro atoms. The zero-order valence-electron chi connectivity index (χ0n) is 22.9. The first-order valence-corrected chi connectivity index (χ1v) is 14.4. The number of amidine groups is 1. The van der Waals surface area contributed by atoms with Crippen molar-refractivity contribution >= 4 is 46.5 Å². The third kappa shape index (κ3) is 7.73. The first-order chi connectivity index (χ1) is 20.6. The second-order valence-corrected chi connectivity index (χ2v) is 11.1. The molecule has 43 heavy (non-hydrogen) atoms. The van der Waals surface area contributed by atoms with Gasteiger partial charge in [-0.15, -0.1) is 18.3 Å². The van der Waals surface area contributed by atoms with E-state index < -0.39 is 12.4 Å². The minimum absolute atomic E-state index is 0.276. The van der Waals surface area contributed by atoms with Crippen LogP contribution in [0.2, 0.25) is 5.02 Å². The molecule has 1 aliphatic rings. The lowest BCUT2D eigenvalue weighted by Gasteiger charge is -2.23. The van der Waals surface area contributed by atoms with Gasteiger partial charge in [-0.05, 0) is 53.4 Å². The van der Waals surface area contributed by atoms with E-state index in [-0.39, 0.29) is 11.7 Å². The number of hydrogen-bond acceptors (Lipinski definition) is 6. The Bertz CT molecular complexity index is 1660. The van der Waals surface area contributed by atoms with Gasteiger partial charge in [-0.2, -0.15) is 10.1 Å². The summed E-state index contributed by atoms with van der Waals surface area (Å²) in [6.45, 7) is 4.92. The van der Waals surface area contributed by atoms with E-state index in [2.05, 4.69) is 44.2 Å². The predicted octanol–water partition coefficient (Wildman–Crippen LogP) is 7.26. The average molecular weight is 628 g/mol. The minimum atomic E-state index is -4.76. The maximum absolute atomic E-state index is 12.5. The van der Waals surface area contributed by atoms with Crippen LogP contribution in [0.4, 0.5) is 23.7 Å². The minimum Gasteiger partial charge on any atom is -0.406 e. The summed E-state index contributed by atoms with van der Waals surface area (Å²) >= 11 is 7.75. The van der Waals surface area contributed by atoms with Gasteiger partial charge in [0.2, 0.25) is 0 Å². The summed E-state index contributed by atoms with van der Waals surface area (Å²) in [5, 5.41) is 9.61. The summed E-state index contributed by atoms with van der Waals surface area (Å²) in [6.07, 6.45) is -1.81. The van der Waals surface area contributed by atoms with Crippen molar-refractivity contribution in [2.24, 2.45) is 10.1 Å². The lowest BCUT2D eigenvalue weighted by atomic mass is 10.0. The van der Waals surface area contributed by atoms with Crippen molar-refractivity contribution in [1.29, 1.82) is 0 Å². The molecule has 0 bridgehead atoms. The molecule has 5 rings (SSSR count). The zero-order valence-corrected chi connectivity index (χ0v) is 24.5. The fraction of sp³-hybridized carbons (Fsp3) is 0.207. The SMILES string of the molecule is CC(C)c1ccc(Cl)cc1N1CCSC1=NC(=O)N/N=C/c1ccc(-c2ncn(-c3ccc(OC(F)(F)F)cc3)n2)cc1. The number of aromatic nitrogens is 3. The van der Waals surface area contributed by atoms with Gasteiger partial charge in [-0.3, -0.25) is 0 Å². The number of benzene rings is 3. The number of amides is 2. The van der Waals surface area contributed by atoms with Gasteiger partial charge in [0.25, 0.3) is 0 Å². The molecule has 9 nitrogen and oxygen atoms in total. The van der Waals surface area contributed by atoms with Crippen molar-refractivity contribution in [2.75, 3.05) is 17.2 Å². The highest BCUT2D eigenvalue weighted by molar-refractivity contribution is 8.14. The van der Waals surface area contributed by atoms with Crippen LogP contribution in [0.15, 0.2) is 83.2 Å². The van der Waals surface area contributed by atoms with Crippen LogP contribution in [0, 0.1) is 0 Å². The number of ether oxygens (including phenoxy) is 1. The predicted molar refractivity (Wildman–Crippen MR) is 162 cm³/mol. The molecule has 222 valence electrons. The summed E-state index contributed by atoms with van der Waals surface area (Å²) < 4.78 is 42.5. The lowest BCUT2D eigenvalue weighted by molar-refractivity contribution is -0.274. The molecule has 0 saturated carbocycles. The molecule has 0 radical (unpaired) electrons. The van der Waals surface area contributed by atoms with Crippen LogP contribution in [-0.2, 0) is 0 Å². The van der Waals surface area contributed by atoms with Crippen molar-refractivity contribution in [3.05, 3.63) is 89.2 Å². The number of hydrazone groups is 1. The van der Waals surface area contributed by atoms with Gasteiger partial charge < -0.3 is 9.64 Å². The monoisotopic (exact) mass is 627 g/mol. The van der Waals surface area contributed by atoms with Crippen LogP contribution in [-0.4, -0.2) is 50.8 Å². The summed E-state index contributed by atoms with van der Waals surface area (Å²) in [7, 11) is 0. The standard InChI is InChI=1S/C29H25ClF3N7O2S/c1-18(2)24-12-7-21(30)15-25(24)39-13-14-43-28(39)36-27(41)37-35-16-19-3-5-20(6-4-19)26-34-17-40(38-26)22-8-10-23(11-9-22)42-29(31,32)33/h3-12,15-18H,13-14H2,1-2H3,(H,37,41)/b35-16+,36-28?. The van der Waals surface area contributed by atoms with Gasteiger partial charge in [0.1, 0.15) is 12.1 Å². The average Bonchev–Trinajstić information content (AvgIpc) is 3.63. The van der Waals surface area contributed by atoms with Gasteiger partial charge in [-0.25, -0.2) is 19.9 Å². The van der Waals surface area contributed by atoms with E-state index in [4.69, 9.17) is 11.6 Å². The largest absolute Gasteiger partial charge is 0.573 e. The molecule has 14 heteroatoms.